The fourth-order valence-corrected chi connectivity index (χ4v) is 4.11. The Morgan fingerprint density at radius 3 is 2.00 bits per heavy atom. The second kappa shape index (κ2) is 14.1. The predicted molar refractivity (Wildman–Crippen MR) is 128 cm³/mol. The molecule has 2 amide bonds. The molecule has 2 aliphatic rings. The Bertz CT molecular complexity index is 896. The van der Waals surface area contributed by atoms with Crippen LogP contribution in [0.1, 0.15) is 32.3 Å². The van der Waals surface area contributed by atoms with Crippen molar-refractivity contribution in [3.05, 3.63) is 23.8 Å². The number of piperidine rings is 1. The number of nitrogens with zero attached hydrogens (tertiary/aromatic N) is 3. The van der Waals surface area contributed by atoms with Crippen LogP contribution in [0.2, 0.25) is 0 Å². The van der Waals surface area contributed by atoms with Crippen molar-refractivity contribution in [3.8, 4) is 11.5 Å². The molecule has 3 N–H and O–H groups in total. The maximum atomic E-state index is 12.9. The van der Waals surface area contributed by atoms with Crippen LogP contribution in [0.15, 0.2) is 18.2 Å². The van der Waals surface area contributed by atoms with Gasteiger partial charge in [0.1, 0.15) is 0 Å². The molecule has 0 aromatic heterocycles. The first-order chi connectivity index (χ1) is 17.2. The number of hydrogen-bond donors (Lipinski definition) is 3. The van der Waals surface area contributed by atoms with E-state index in [1.807, 2.05) is 24.0 Å². The SMILES string of the molecule is CCOC(=O)N1CCN(C(=O)C2CCN(Cc3ccc(O)c(OCC)c3)CC2)CC1.O=C(O)C(=O)O. The van der Waals surface area contributed by atoms with Crippen molar-refractivity contribution in [2.45, 2.75) is 33.2 Å². The maximum absolute atomic E-state index is 12.9. The van der Waals surface area contributed by atoms with Crippen molar-refractivity contribution in [2.24, 2.45) is 5.92 Å². The zero-order valence-corrected chi connectivity index (χ0v) is 20.7. The van der Waals surface area contributed by atoms with Gasteiger partial charge in [0.05, 0.1) is 13.2 Å². The van der Waals surface area contributed by atoms with Gasteiger partial charge >= 0.3 is 18.0 Å². The van der Waals surface area contributed by atoms with Gasteiger partial charge in [0.25, 0.3) is 0 Å². The van der Waals surface area contributed by atoms with Gasteiger partial charge in [-0.2, -0.15) is 0 Å². The van der Waals surface area contributed by atoms with E-state index >= 15 is 0 Å². The third-order valence-electron chi connectivity index (χ3n) is 5.97. The molecule has 0 bridgehead atoms. The number of ether oxygens (including phenoxy) is 2. The van der Waals surface area contributed by atoms with Gasteiger partial charge in [-0.1, -0.05) is 6.07 Å². The minimum atomic E-state index is -1.82. The number of carboxylic acid groups (broad SMARTS) is 2. The number of aliphatic carboxylic acids is 2. The quantitative estimate of drug-likeness (QED) is 0.480. The lowest BCUT2D eigenvalue weighted by Gasteiger charge is -2.38. The van der Waals surface area contributed by atoms with Crippen LogP contribution in [0.25, 0.3) is 0 Å². The Labute approximate surface area is 210 Å². The molecule has 12 nitrogen and oxygen atoms in total. The number of hydrogen-bond acceptors (Lipinski definition) is 8. The van der Waals surface area contributed by atoms with E-state index in [-0.39, 0.29) is 23.7 Å². The van der Waals surface area contributed by atoms with Crippen LogP contribution < -0.4 is 4.74 Å². The van der Waals surface area contributed by atoms with Crippen LogP contribution in [0.4, 0.5) is 4.79 Å². The molecule has 0 saturated carbocycles. The van der Waals surface area contributed by atoms with Crippen LogP contribution in [0.5, 0.6) is 11.5 Å². The molecule has 0 unspecified atom stereocenters. The molecule has 1 aromatic carbocycles. The first-order valence-corrected chi connectivity index (χ1v) is 12.0. The number of amides is 2. The van der Waals surface area contributed by atoms with Gasteiger partial charge in [-0.25, -0.2) is 14.4 Å². The maximum Gasteiger partial charge on any atom is 0.414 e. The molecule has 0 atom stereocenters. The highest BCUT2D eigenvalue weighted by Gasteiger charge is 2.31. The summed E-state index contributed by atoms with van der Waals surface area (Å²) in [5.41, 5.74) is 1.09. The minimum absolute atomic E-state index is 0.0502. The average Bonchev–Trinajstić information content (AvgIpc) is 2.87. The molecular weight excluding hydrogens is 474 g/mol. The third kappa shape index (κ3) is 8.59. The van der Waals surface area contributed by atoms with Gasteiger partial charge in [0.15, 0.2) is 11.5 Å². The molecule has 200 valence electrons. The predicted octanol–water partition coefficient (Wildman–Crippen LogP) is 1.46. The van der Waals surface area contributed by atoms with E-state index < -0.39 is 11.9 Å². The van der Waals surface area contributed by atoms with Crippen molar-refractivity contribution in [2.75, 3.05) is 52.5 Å². The van der Waals surface area contributed by atoms with Crippen molar-refractivity contribution in [3.63, 3.8) is 0 Å². The van der Waals surface area contributed by atoms with Gasteiger partial charge in [-0.05, 0) is 57.5 Å². The molecule has 0 aliphatic carbocycles. The van der Waals surface area contributed by atoms with Crippen LogP contribution in [-0.2, 0) is 25.7 Å². The Hall–Kier alpha value is -3.54. The number of carbonyl (C=O) groups is 4. The van der Waals surface area contributed by atoms with Crippen LogP contribution in [0, 0.1) is 5.92 Å². The lowest BCUT2D eigenvalue weighted by atomic mass is 9.94. The van der Waals surface area contributed by atoms with E-state index in [0.29, 0.717) is 45.1 Å². The summed E-state index contributed by atoms with van der Waals surface area (Å²) in [6.07, 6.45) is 1.39. The molecule has 0 spiro atoms. The highest BCUT2D eigenvalue weighted by atomic mass is 16.6. The largest absolute Gasteiger partial charge is 0.504 e. The van der Waals surface area contributed by atoms with Crippen LogP contribution >= 0.6 is 0 Å². The first-order valence-electron chi connectivity index (χ1n) is 12.0. The number of aromatic hydroxyl groups is 1. The van der Waals surface area contributed by atoms with Gasteiger partial charge in [0, 0.05) is 38.6 Å². The summed E-state index contributed by atoms with van der Waals surface area (Å²) in [4.78, 5) is 48.8. The number of carboxylic acids is 2. The molecule has 2 fully saturated rings. The molecular formula is C24H35N3O9. The van der Waals surface area contributed by atoms with E-state index in [1.54, 1.807) is 17.9 Å². The van der Waals surface area contributed by atoms with Gasteiger partial charge in [-0.3, -0.25) is 9.69 Å². The van der Waals surface area contributed by atoms with E-state index in [2.05, 4.69) is 4.90 Å². The number of benzene rings is 1. The van der Waals surface area contributed by atoms with Gasteiger partial charge < -0.3 is 34.6 Å². The van der Waals surface area contributed by atoms with E-state index in [9.17, 15) is 14.7 Å². The summed E-state index contributed by atoms with van der Waals surface area (Å²) >= 11 is 0. The Kier molecular flexibility index (Phi) is 11.3. The summed E-state index contributed by atoms with van der Waals surface area (Å²) in [6.45, 7) is 9.30. The highest BCUT2D eigenvalue weighted by molar-refractivity contribution is 6.27. The summed E-state index contributed by atoms with van der Waals surface area (Å²) in [5, 5.41) is 24.6. The smallest absolute Gasteiger partial charge is 0.414 e. The number of phenolic OH excluding ortho intramolecular Hbond substituents is 1. The fraction of sp³-hybridized carbons (Fsp3) is 0.583. The normalized spacial score (nSPS) is 16.5. The third-order valence-corrected chi connectivity index (χ3v) is 5.97. The van der Waals surface area contributed by atoms with Crippen LogP contribution in [0.3, 0.4) is 0 Å². The van der Waals surface area contributed by atoms with Crippen molar-refractivity contribution in [1.29, 1.82) is 0 Å². The summed E-state index contributed by atoms with van der Waals surface area (Å²) in [5.74, 6) is -2.71. The first kappa shape index (κ1) is 28.7. The molecule has 1 aromatic rings. The van der Waals surface area contributed by atoms with Crippen molar-refractivity contribution in [1.82, 2.24) is 14.7 Å². The molecule has 3 rings (SSSR count). The number of phenols is 1. The van der Waals surface area contributed by atoms with Gasteiger partial charge in [-0.15, -0.1) is 0 Å². The van der Waals surface area contributed by atoms with E-state index in [0.717, 1.165) is 38.0 Å². The zero-order chi connectivity index (χ0) is 26.7. The molecule has 2 saturated heterocycles. The molecule has 36 heavy (non-hydrogen) atoms. The number of piperazine rings is 1. The molecule has 2 heterocycles. The van der Waals surface area contributed by atoms with Crippen LogP contribution in [-0.4, -0.2) is 106 Å². The topological polar surface area (TPSA) is 157 Å². The van der Waals surface area contributed by atoms with E-state index in [4.69, 9.17) is 29.3 Å². The van der Waals surface area contributed by atoms with Crippen molar-refractivity contribution >= 4 is 23.9 Å². The standard InChI is InChI=1S/C22H33N3O5.C2H2O4/c1-3-29-20-15-17(5-6-19(20)26)16-23-9-7-18(8-10-23)21(27)24-11-13-25(14-12-24)22(28)30-4-2;3-1(4)2(5)6/h5-6,15,18,26H,3-4,7-14,16H2,1-2H3;(H,3,4)(H,5,6). The second-order valence-electron chi connectivity index (χ2n) is 8.41. The minimum Gasteiger partial charge on any atom is -0.504 e. The summed E-state index contributed by atoms with van der Waals surface area (Å²) in [7, 11) is 0. The summed E-state index contributed by atoms with van der Waals surface area (Å²) in [6, 6.07) is 5.48. The number of likely N-dealkylation sites (tertiary alicyclic amines) is 1. The van der Waals surface area contributed by atoms with Crippen molar-refractivity contribution < 1.29 is 44.0 Å². The number of rotatable bonds is 6. The molecule has 2 aliphatic heterocycles. The molecule has 12 heteroatoms. The Morgan fingerprint density at radius 1 is 0.889 bits per heavy atom. The van der Waals surface area contributed by atoms with Gasteiger partial charge in [0.2, 0.25) is 5.91 Å². The number of carbonyl (C=O) groups excluding carboxylic acids is 2. The highest BCUT2D eigenvalue weighted by Crippen LogP contribution is 2.28. The molecule has 0 radical (unpaired) electrons. The second-order valence-corrected chi connectivity index (χ2v) is 8.41. The average molecular weight is 510 g/mol. The Balaban J connectivity index is 0.000000678. The fourth-order valence-electron chi connectivity index (χ4n) is 4.11. The summed E-state index contributed by atoms with van der Waals surface area (Å²) < 4.78 is 10.5. The van der Waals surface area contributed by atoms with E-state index in [1.165, 1.54) is 0 Å². The monoisotopic (exact) mass is 509 g/mol. The Morgan fingerprint density at radius 2 is 1.47 bits per heavy atom. The lowest BCUT2D eigenvalue weighted by molar-refractivity contribution is -0.159. The zero-order valence-electron chi connectivity index (χ0n) is 20.7. The lowest BCUT2D eigenvalue weighted by Crippen LogP contribution is -2.53.